The van der Waals surface area contributed by atoms with Crippen LogP contribution in [0.4, 0.5) is 13.2 Å². The standard InChI is InChI=1S/C9H11F3O/c1-2-3-4-5-6-8(13)7-9(10,11)12/h3-4,8,13H,2,7H2,1H3. The van der Waals surface area contributed by atoms with Crippen molar-refractivity contribution >= 4 is 0 Å². The zero-order chi connectivity index (χ0) is 10.3. The van der Waals surface area contributed by atoms with E-state index < -0.39 is 18.7 Å². The molecule has 0 bridgehead atoms. The van der Waals surface area contributed by atoms with E-state index in [4.69, 9.17) is 5.11 Å². The molecule has 0 heterocycles. The van der Waals surface area contributed by atoms with Crippen molar-refractivity contribution in [1.29, 1.82) is 0 Å². The molecular formula is C9H11F3O. The number of allylic oxidation sites excluding steroid dienone is 2. The van der Waals surface area contributed by atoms with Gasteiger partial charge in [-0.2, -0.15) is 13.2 Å². The van der Waals surface area contributed by atoms with Crippen LogP contribution in [0.2, 0.25) is 0 Å². The molecule has 4 heteroatoms. The maximum absolute atomic E-state index is 11.6. The fraction of sp³-hybridized carbons (Fsp3) is 0.556. The third kappa shape index (κ3) is 8.96. The van der Waals surface area contributed by atoms with Crippen LogP contribution < -0.4 is 0 Å². The molecule has 0 aliphatic rings. The Bertz CT molecular complexity index is 219. The molecule has 0 aromatic heterocycles. The van der Waals surface area contributed by atoms with Crippen LogP contribution in [-0.4, -0.2) is 17.4 Å². The minimum absolute atomic E-state index is 0.768. The molecule has 0 radical (unpaired) electrons. The van der Waals surface area contributed by atoms with E-state index in [1.54, 1.807) is 6.08 Å². The first-order chi connectivity index (χ1) is 5.95. The van der Waals surface area contributed by atoms with Crippen molar-refractivity contribution in [2.24, 2.45) is 0 Å². The van der Waals surface area contributed by atoms with Gasteiger partial charge < -0.3 is 5.11 Å². The van der Waals surface area contributed by atoms with E-state index in [0.717, 1.165) is 6.42 Å². The van der Waals surface area contributed by atoms with Crippen LogP contribution in [0.3, 0.4) is 0 Å². The number of aliphatic hydroxyl groups is 1. The Balaban J connectivity index is 3.91. The Kier molecular flexibility index (Phi) is 5.24. The van der Waals surface area contributed by atoms with Crippen LogP contribution in [-0.2, 0) is 0 Å². The van der Waals surface area contributed by atoms with Crippen molar-refractivity contribution in [3.8, 4) is 11.8 Å². The normalized spacial score (nSPS) is 13.9. The highest BCUT2D eigenvalue weighted by atomic mass is 19.4. The maximum atomic E-state index is 11.6. The van der Waals surface area contributed by atoms with Crippen molar-refractivity contribution in [1.82, 2.24) is 0 Å². The van der Waals surface area contributed by atoms with E-state index >= 15 is 0 Å². The first-order valence-corrected chi connectivity index (χ1v) is 3.86. The first kappa shape index (κ1) is 12.0. The minimum Gasteiger partial charge on any atom is -0.380 e. The van der Waals surface area contributed by atoms with E-state index in [1.165, 1.54) is 6.08 Å². The fourth-order valence-corrected chi connectivity index (χ4v) is 0.591. The van der Waals surface area contributed by atoms with Crippen molar-refractivity contribution in [2.45, 2.75) is 32.0 Å². The molecule has 0 fully saturated rings. The predicted octanol–water partition coefficient (Wildman–Crippen LogP) is 2.27. The summed E-state index contributed by atoms with van der Waals surface area (Å²) in [6.45, 7) is 1.88. The summed E-state index contributed by atoms with van der Waals surface area (Å²) in [4.78, 5) is 0. The summed E-state index contributed by atoms with van der Waals surface area (Å²) in [6, 6.07) is 0. The zero-order valence-corrected chi connectivity index (χ0v) is 7.23. The van der Waals surface area contributed by atoms with Crippen LogP contribution in [0.1, 0.15) is 19.8 Å². The molecule has 0 spiro atoms. The van der Waals surface area contributed by atoms with Gasteiger partial charge in [0.15, 0.2) is 0 Å². The number of halogens is 3. The van der Waals surface area contributed by atoms with Crippen LogP contribution in [0.25, 0.3) is 0 Å². The lowest BCUT2D eigenvalue weighted by Gasteiger charge is -2.06. The molecule has 13 heavy (non-hydrogen) atoms. The van der Waals surface area contributed by atoms with E-state index in [0.29, 0.717) is 0 Å². The molecule has 1 N–H and O–H groups in total. The highest BCUT2D eigenvalue weighted by molar-refractivity contribution is 5.17. The van der Waals surface area contributed by atoms with Crippen LogP contribution in [0.15, 0.2) is 12.2 Å². The van der Waals surface area contributed by atoms with Gasteiger partial charge >= 0.3 is 6.18 Å². The van der Waals surface area contributed by atoms with Gasteiger partial charge in [-0.3, -0.25) is 0 Å². The maximum Gasteiger partial charge on any atom is 0.392 e. The minimum atomic E-state index is -4.36. The summed E-state index contributed by atoms with van der Waals surface area (Å²) < 4.78 is 34.9. The summed E-state index contributed by atoms with van der Waals surface area (Å²) in [5.74, 6) is 4.40. The van der Waals surface area contributed by atoms with E-state index in [1.807, 2.05) is 6.92 Å². The van der Waals surface area contributed by atoms with Gasteiger partial charge in [0, 0.05) is 0 Å². The molecule has 1 unspecified atom stereocenters. The van der Waals surface area contributed by atoms with Gasteiger partial charge in [0.2, 0.25) is 0 Å². The Morgan fingerprint density at radius 1 is 1.46 bits per heavy atom. The first-order valence-electron chi connectivity index (χ1n) is 3.86. The summed E-state index contributed by atoms with van der Waals surface area (Å²) in [6.07, 6.45) is -3.36. The van der Waals surface area contributed by atoms with Gasteiger partial charge in [-0.15, -0.1) is 0 Å². The quantitative estimate of drug-likeness (QED) is 0.665. The molecule has 0 aromatic rings. The largest absolute Gasteiger partial charge is 0.392 e. The lowest BCUT2D eigenvalue weighted by molar-refractivity contribution is -0.147. The van der Waals surface area contributed by atoms with Crippen molar-refractivity contribution in [2.75, 3.05) is 0 Å². The number of rotatable bonds is 2. The van der Waals surface area contributed by atoms with E-state index in [9.17, 15) is 13.2 Å². The van der Waals surface area contributed by atoms with Crippen LogP contribution in [0.5, 0.6) is 0 Å². The average Bonchev–Trinajstić information content (AvgIpc) is 1.94. The molecule has 0 aliphatic carbocycles. The fourth-order valence-electron chi connectivity index (χ4n) is 0.591. The lowest BCUT2D eigenvalue weighted by atomic mass is 10.2. The summed E-state index contributed by atoms with van der Waals surface area (Å²) in [5.41, 5.74) is 0. The Morgan fingerprint density at radius 3 is 2.54 bits per heavy atom. The second kappa shape index (κ2) is 5.65. The second-order valence-corrected chi connectivity index (χ2v) is 2.43. The molecule has 1 atom stereocenters. The lowest BCUT2D eigenvalue weighted by Crippen LogP contribution is -2.17. The van der Waals surface area contributed by atoms with Gasteiger partial charge in [0.05, 0.1) is 6.42 Å². The molecule has 0 aliphatic heterocycles. The van der Waals surface area contributed by atoms with Gasteiger partial charge in [0.1, 0.15) is 6.10 Å². The molecule has 74 valence electrons. The number of hydrogen-bond donors (Lipinski definition) is 1. The van der Waals surface area contributed by atoms with Gasteiger partial charge in [0.25, 0.3) is 0 Å². The third-order valence-corrected chi connectivity index (χ3v) is 1.11. The molecule has 1 nitrogen and oxygen atoms in total. The SMILES string of the molecule is CCC=CC#CC(O)CC(F)(F)F. The van der Waals surface area contributed by atoms with Crippen molar-refractivity contribution in [3.05, 3.63) is 12.2 Å². The van der Waals surface area contributed by atoms with Crippen LogP contribution >= 0.6 is 0 Å². The smallest absolute Gasteiger partial charge is 0.380 e. The highest BCUT2D eigenvalue weighted by Crippen LogP contribution is 2.20. The number of alkyl halides is 3. The Labute approximate surface area is 75.3 Å². The topological polar surface area (TPSA) is 20.2 Å². The van der Waals surface area contributed by atoms with Crippen molar-refractivity contribution in [3.63, 3.8) is 0 Å². The number of aliphatic hydroxyl groups excluding tert-OH is 1. The highest BCUT2D eigenvalue weighted by Gasteiger charge is 2.30. The Hall–Kier alpha value is -0.950. The summed E-state index contributed by atoms with van der Waals surface area (Å²) >= 11 is 0. The summed E-state index contributed by atoms with van der Waals surface area (Å²) in [5, 5.41) is 8.76. The molecule has 0 rings (SSSR count). The van der Waals surface area contributed by atoms with Crippen LogP contribution in [0, 0.1) is 11.8 Å². The van der Waals surface area contributed by atoms with E-state index in [2.05, 4.69) is 11.8 Å². The summed E-state index contributed by atoms with van der Waals surface area (Å²) in [7, 11) is 0. The predicted molar refractivity (Wildman–Crippen MR) is 43.9 cm³/mol. The van der Waals surface area contributed by atoms with Crippen molar-refractivity contribution < 1.29 is 18.3 Å². The average molecular weight is 192 g/mol. The van der Waals surface area contributed by atoms with E-state index in [-0.39, 0.29) is 0 Å². The molecule has 0 saturated carbocycles. The molecule has 0 aromatic carbocycles. The molecular weight excluding hydrogens is 181 g/mol. The third-order valence-electron chi connectivity index (χ3n) is 1.11. The molecule has 0 saturated heterocycles. The molecule has 0 amide bonds. The van der Waals surface area contributed by atoms with Gasteiger partial charge in [-0.1, -0.05) is 24.8 Å². The Morgan fingerprint density at radius 2 is 2.08 bits per heavy atom. The van der Waals surface area contributed by atoms with Gasteiger partial charge in [-0.25, -0.2) is 0 Å². The second-order valence-electron chi connectivity index (χ2n) is 2.43. The monoisotopic (exact) mass is 192 g/mol. The van der Waals surface area contributed by atoms with Gasteiger partial charge in [-0.05, 0) is 12.5 Å². The zero-order valence-electron chi connectivity index (χ0n) is 7.23. The number of hydrogen-bond acceptors (Lipinski definition) is 1.